The van der Waals surface area contributed by atoms with Crippen molar-refractivity contribution in [2.75, 3.05) is 0 Å². The minimum Gasteiger partial charge on any atom is -0.294 e. The average molecular weight is 218 g/mol. The highest BCUT2D eigenvalue weighted by atomic mass is 16.1. The van der Waals surface area contributed by atoms with Crippen molar-refractivity contribution in [3.8, 4) is 0 Å². The first-order valence-electron chi connectivity index (χ1n) is 6.25. The fraction of sp³-hybridized carbons (Fsp3) is 0.667. The topological polar surface area (TPSA) is 17.1 Å². The van der Waals surface area contributed by atoms with Crippen LogP contribution in [0.2, 0.25) is 0 Å². The van der Waals surface area contributed by atoms with Gasteiger partial charge in [-0.05, 0) is 43.6 Å². The summed E-state index contributed by atoms with van der Waals surface area (Å²) < 4.78 is 0. The molecule has 16 heavy (non-hydrogen) atoms. The number of carbonyl (C=O) groups excluding carboxylic acids is 1. The number of carbonyl (C=O) groups is 1. The van der Waals surface area contributed by atoms with Gasteiger partial charge in [-0.1, -0.05) is 38.5 Å². The van der Waals surface area contributed by atoms with Gasteiger partial charge in [0.15, 0.2) is 5.78 Å². The van der Waals surface area contributed by atoms with E-state index in [2.05, 4.69) is 39.8 Å². The van der Waals surface area contributed by atoms with Crippen LogP contribution in [-0.4, -0.2) is 5.78 Å². The van der Waals surface area contributed by atoms with Gasteiger partial charge in [-0.3, -0.25) is 4.79 Å². The highest BCUT2D eigenvalue weighted by Crippen LogP contribution is 2.51. The standard InChI is InChI=1S/C15H22O/c1-11-5-8-15(12(2)9-11)10-14(3,4)7-6-13(15)16/h5-7,12H,8-10H2,1-4H3. The lowest BCUT2D eigenvalue weighted by Gasteiger charge is -2.46. The zero-order valence-corrected chi connectivity index (χ0v) is 10.8. The van der Waals surface area contributed by atoms with Gasteiger partial charge in [-0.2, -0.15) is 0 Å². The molecule has 2 aliphatic carbocycles. The maximum absolute atomic E-state index is 12.3. The minimum atomic E-state index is -0.113. The first-order valence-corrected chi connectivity index (χ1v) is 6.25. The fourth-order valence-electron chi connectivity index (χ4n) is 3.34. The number of allylic oxidation sites excluding steroid dienone is 4. The molecule has 0 aromatic rings. The van der Waals surface area contributed by atoms with Gasteiger partial charge < -0.3 is 0 Å². The Morgan fingerprint density at radius 2 is 2.06 bits per heavy atom. The van der Waals surface area contributed by atoms with Gasteiger partial charge in [0.05, 0.1) is 0 Å². The Hall–Kier alpha value is -0.850. The molecular formula is C15H22O. The summed E-state index contributed by atoms with van der Waals surface area (Å²) in [5.74, 6) is 0.831. The maximum Gasteiger partial charge on any atom is 0.162 e. The second-order valence-electron chi connectivity index (χ2n) is 6.38. The van der Waals surface area contributed by atoms with Crippen molar-refractivity contribution >= 4 is 5.78 Å². The summed E-state index contributed by atoms with van der Waals surface area (Å²) in [4.78, 5) is 12.3. The van der Waals surface area contributed by atoms with Gasteiger partial charge >= 0.3 is 0 Å². The molecule has 88 valence electrons. The quantitative estimate of drug-likeness (QED) is 0.563. The van der Waals surface area contributed by atoms with Crippen LogP contribution in [0.1, 0.15) is 47.0 Å². The van der Waals surface area contributed by atoms with Crippen molar-refractivity contribution in [1.29, 1.82) is 0 Å². The van der Waals surface area contributed by atoms with Crippen molar-refractivity contribution in [1.82, 2.24) is 0 Å². The highest BCUT2D eigenvalue weighted by molar-refractivity contribution is 5.96. The van der Waals surface area contributed by atoms with Crippen LogP contribution in [0.5, 0.6) is 0 Å². The monoisotopic (exact) mass is 218 g/mol. The van der Waals surface area contributed by atoms with Crippen LogP contribution in [0.15, 0.2) is 23.8 Å². The third kappa shape index (κ3) is 1.77. The molecular weight excluding hydrogens is 196 g/mol. The smallest absolute Gasteiger partial charge is 0.162 e. The van der Waals surface area contributed by atoms with Crippen molar-refractivity contribution in [2.45, 2.75) is 47.0 Å². The molecule has 0 heterocycles. The summed E-state index contributed by atoms with van der Waals surface area (Å²) in [6.07, 6.45) is 9.20. The largest absolute Gasteiger partial charge is 0.294 e. The van der Waals surface area contributed by atoms with Crippen LogP contribution in [-0.2, 0) is 4.79 Å². The predicted molar refractivity (Wildman–Crippen MR) is 67.1 cm³/mol. The Labute approximate surface area is 98.6 Å². The van der Waals surface area contributed by atoms with Crippen LogP contribution >= 0.6 is 0 Å². The second kappa shape index (κ2) is 3.58. The molecule has 2 atom stereocenters. The molecule has 1 nitrogen and oxygen atoms in total. The van der Waals surface area contributed by atoms with Gasteiger partial charge in [0.1, 0.15) is 0 Å². The summed E-state index contributed by atoms with van der Waals surface area (Å²) in [6, 6.07) is 0. The molecule has 0 saturated heterocycles. The van der Waals surface area contributed by atoms with Crippen molar-refractivity contribution in [3.05, 3.63) is 23.8 Å². The van der Waals surface area contributed by atoms with E-state index in [-0.39, 0.29) is 10.8 Å². The molecule has 0 bridgehead atoms. The van der Waals surface area contributed by atoms with Crippen LogP contribution in [0.3, 0.4) is 0 Å². The minimum absolute atomic E-state index is 0.113. The van der Waals surface area contributed by atoms with E-state index in [1.807, 2.05) is 6.08 Å². The van der Waals surface area contributed by atoms with Crippen LogP contribution in [0.25, 0.3) is 0 Å². The summed E-state index contributed by atoms with van der Waals surface area (Å²) in [7, 11) is 0. The van der Waals surface area contributed by atoms with Crippen LogP contribution < -0.4 is 0 Å². The molecule has 0 fully saturated rings. The molecule has 2 rings (SSSR count). The van der Waals surface area contributed by atoms with E-state index in [1.54, 1.807) is 0 Å². The number of hydrogen-bond donors (Lipinski definition) is 0. The maximum atomic E-state index is 12.3. The van der Waals surface area contributed by atoms with Crippen LogP contribution in [0, 0.1) is 16.7 Å². The Kier molecular flexibility index (Phi) is 2.60. The number of ketones is 1. The molecule has 2 unspecified atom stereocenters. The molecule has 0 amide bonds. The van der Waals surface area contributed by atoms with E-state index in [1.165, 1.54) is 5.57 Å². The molecule has 1 heteroatoms. The fourth-order valence-corrected chi connectivity index (χ4v) is 3.34. The first kappa shape index (κ1) is 11.6. The van der Waals surface area contributed by atoms with Gasteiger partial charge in [-0.15, -0.1) is 0 Å². The van der Waals surface area contributed by atoms with E-state index in [0.717, 1.165) is 19.3 Å². The van der Waals surface area contributed by atoms with Gasteiger partial charge in [0.2, 0.25) is 0 Å². The van der Waals surface area contributed by atoms with Crippen molar-refractivity contribution in [2.24, 2.45) is 16.7 Å². The number of rotatable bonds is 0. The number of hydrogen-bond acceptors (Lipinski definition) is 1. The molecule has 0 saturated carbocycles. The zero-order valence-electron chi connectivity index (χ0n) is 10.8. The van der Waals surface area contributed by atoms with E-state index in [9.17, 15) is 4.79 Å². The molecule has 0 radical (unpaired) electrons. The molecule has 0 aromatic carbocycles. The van der Waals surface area contributed by atoms with Gasteiger partial charge in [0.25, 0.3) is 0 Å². The molecule has 0 aromatic heterocycles. The van der Waals surface area contributed by atoms with E-state index in [0.29, 0.717) is 11.7 Å². The first-order chi connectivity index (χ1) is 7.36. The summed E-state index contributed by atoms with van der Waals surface area (Å²) in [6.45, 7) is 8.88. The summed E-state index contributed by atoms with van der Waals surface area (Å²) in [5.41, 5.74) is 1.50. The third-order valence-corrected chi connectivity index (χ3v) is 4.33. The van der Waals surface area contributed by atoms with Gasteiger partial charge in [-0.25, -0.2) is 0 Å². The third-order valence-electron chi connectivity index (χ3n) is 4.33. The lowest BCUT2D eigenvalue weighted by molar-refractivity contribution is -0.129. The summed E-state index contributed by atoms with van der Waals surface area (Å²) in [5, 5.41) is 0. The Balaban J connectivity index is 2.38. The Bertz CT molecular complexity index is 373. The predicted octanol–water partition coefficient (Wildman–Crippen LogP) is 3.90. The SMILES string of the molecule is CC1=CCC2(CC(C)(C)C=CC2=O)C(C)C1. The lowest BCUT2D eigenvalue weighted by Crippen LogP contribution is -2.44. The normalized spacial score (nSPS) is 37.6. The van der Waals surface area contributed by atoms with E-state index in [4.69, 9.17) is 0 Å². The van der Waals surface area contributed by atoms with E-state index >= 15 is 0 Å². The molecule has 1 spiro atoms. The molecule has 2 aliphatic rings. The average Bonchev–Trinajstić information content (AvgIpc) is 2.18. The Morgan fingerprint density at radius 3 is 2.69 bits per heavy atom. The van der Waals surface area contributed by atoms with Crippen LogP contribution in [0.4, 0.5) is 0 Å². The molecule has 0 N–H and O–H groups in total. The lowest BCUT2D eigenvalue weighted by atomic mass is 9.57. The van der Waals surface area contributed by atoms with E-state index < -0.39 is 0 Å². The molecule has 0 aliphatic heterocycles. The van der Waals surface area contributed by atoms with Crippen molar-refractivity contribution in [3.63, 3.8) is 0 Å². The highest BCUT2D eigenvalue weighted by Gasteiger charge is 2.47. The Morgan fingerprint density at radius 1 is 1.38 bits per heavy atom. The zero-order chi connectivity index (χ0) is 12.0. The second-order valence-corrected chi connectivity index (χ2v) is 6.38. The van der Waals surface area contributed by atoms with Gasteiger partial charge in [0, 0.05) is 5.41 Å². The summed E-state index contributed by atoms with van der Waals surface area (Å²) >= 11 is 0. The van der Waals surface area contributed by atoms with Crippen molar-refractivity contribution < 1.29 is 4.79 Å².